The number of H-pyrrole nitrogens is 2. The Morgan fingerprint density at radius 2 is 2.00 bits per heavy atom. The molecule has 13 heavy (non-hydrogen) atoms. The fourth-order valence-corrected chi connectivity index (χ4v) is 1.30. The van der Waals surface area contributed by atoms with Gasteiger partial charge in [0, 0.05) is 6.42 Å². The van der Waals surface area contributed by atoms with Gasteiger partial charge >= 0.3 is 5.69 Å². The first-order valence-electron chi connectivity index (χ1n) is 3.94. The molecule has 1 aromatic heterocycles. The molecule has 0 radical (unpaired) electrons. The second-order valence-corrected chi connectivity index (χ2v) is 2.83. The highest BCUT2D eigenvalue weighted by Crippen LogP contribution is 2.09. The number of aromatic amines is 2. The number of carbonyl (C=O) groups is 1. The van der Waals surface area contributed by atoms with Gasteiger partial charge < -0.3 is 14.8 Å². The predicted octanol–water partition coefficient (Wildman–Crippen LogP) is 0.598. The molecule has 2 N–H and O–H groups in total. The van der Waals surface area contributed by atoms with Gasteiger partial charge in [-0.3, -0.25) is 0 Å². The van der Waals surface area contributed by atoms with Gasteiger partial charge in [0.1, 0.15) is 6.29 Å². The van der Waals surface area contributed by atoms with Crippen molar-refractivity contribution in [3.8, 4) is 0 Å². The van der Waals surface area contributed by atoms with Crippen LogP contribution >= 0.6 is 0 Å². The highest BCUT2D eigenvalue weighted by Gasteiger charge is 1.98. The number of rotatable bonds is 2. The third kappa shape index (κ3) is 1.38. The minimum atomic E-state index is -0.224. The molecule has 0 aliphatic heterocycles. The molecule has 0 saturated heterocycles. The summed E-state index contributed by atoms with van der Waals surface area (Å²) < 4.78 is 0. The van der Waals surface area contributed by atoms with E-state index >= 15 is 0 Å². The van der Waals surface area contributed by atoms with Gasteiger partial charge in [-0.05, 0) is 17.7 Å². The van der Waals surface area contributed by atoms with Gasteiger partial charge in [-0.2, -0.15) is 0 Å². The van der Waals surface area contributed by atoms with Crippen LogP contribution < -0.4 is 5.69 Å². The molecule has 4 heteroatoms. The standard InChI is InChI=1S/C9H8N2O2/c12-4-3-6-1-2-7-8(5-6)11-9(13)10-7/h1-2,4-5H,3H2,(H2,10,11,13). The molecule has 0 bridgehead atoms. The fraction of sp³-hybridized carbons (Fsp3) is 0.111. The zero-order valence-corrected chi connectivity index (χ0v) is 6.83. The molecule has 1 aromatic carbocycles. The average Bonchev–Trinajstić information content (AvgIpc) is 2.44. The minimum absolute atomic E-state index is 0.224. The number of aldehydes is 1. The van der Waals surface area contributed by atoms with Gasteiger partial charge in [-0.15, -0.1) is 0 Å². The number of imidazole rings is 1. The predicted molar refractivity (Wildman–Crippen MR) is 48.7 cm³/mol. The first-order chi connectivity index (χ1) is 6.29. The Balaban J connectivity index is 2.60. The number of aromatic nitrogens is 2. The summed E-state index contributed by atoms with van der Waals surface area (Å²) in [5, 5.41) is 0. The van der Waals surface area contributed by atoms with Crippen LogP contribution in [0.3, 0.4) is 0 Å². The first-order valence-corrected chi connectivity index (χ1v) is 3.94. The number of benzene rings is 1. The molecule has 0 atom stereocenters. The van der Waals surface area contributed by atoms with Crippen molar-refractivity contribution in [2.45, 2.75) is 6.42 Å². The third-order valence-corrected chi connectivity index (χ3v) is 1.90. The summed E-state index contributed by atoms with van der Waals surface area (Å²) in [6.07, 6.45) is 1.22. The van der Waals surface area contributed by atoms with Crippen molar-refractivity contribution in [3.63, 3.8) is 0 Å². The monoisotopic (exact) mass is 176 g/mol. The minimum Gasteiger partial charge on any atom is -0.306 e. The summed E-state index contributed by atoms with van der Waals surface area (Å²) in [4.78, 5) is 26.4. The maximum absolute atomic E-state index is 10.9. The number of nitrogens with one attached hydrogen (secondary N) is 2. The quantitative estimate of drug-likeness (QED) is 0.658. The summed E-state index contributed by atoms with van der Waals surface area (Å²) in [7, 11) is 0. The van der Waals surface area contributed by atoms with Crippen molar-refractivity contribution in [3.05, 3.63) is 34.2 Å². The van der Waals surface area contributed by atoms with E-state index in [1.54, 1.807) is 12.1 Å². The maximum Gasteiger partial charge on any atom is 0.323 e. The lowest BCUT2D eigenvalue weighted by Gasteiger charge is -1.93. The Morgan fingerprint density at radius 1 is 1.23 bits per heavy atom. The van der Waals surface area contributed by atoms with Crippen LogP contribution in [0, 0.1) is 0 Å². The Hall–Kier alpha value is -1.84. The normalized spacial score (nSPS) is 10.5. The number of hydrogen-bond donors (Lipinski definition) is 2. The van der Waals surface area contributed by atoms with Crippen LogP contribution in [-0.2, 0) is 11.2 Å². The molecule has 0 aliphatic carbocycles. The van der Waals surface area contributed by atoms with Crippen LogP contribution in [0.1, 0.15) is 5.56 Å². The lowest BCUT2D eigenvalue weighted by Crippen LogP contribution is -1.99. The molecule has 1 heterocycles. The zero-order valence-electron chi connectivity index (χ0n) is 6.83. The number of carbonyl (C=O) groups excluding carboxylic acids is 1. The molecule has 2 rings (SSSR count). The summed E-state index contributed by atoms with van der Waals surface area (Å²) in [6, 6.07) is 5.40. The molecule has 0 aliphatic rings. The zero-order chi connectivity index (χ0) is 9.26. The molecule has 0 saturated carbocycles. The average molecular weight is 176 g/mol. The summed E-state index contributed by atoms with van der Waals surface area (Å²) in [5.41, 5.74) is 2.18. The topological polar surface area (TPSA) is 65.7 Å². The third-order valence-electron chi connectivity index (χ3n) is 1.90. The number of fused-ring (bicyclic) bond motifs is 1. The summed E-state index contributed by atoms with van der Waals surface area (Å²) in [6.45, 7) is 0. The van der Waals surface area contributed by atoms with E-state index in [9.17, 15) is 9.59 Å². The Kier molecular flexibility index (Phi) is 1.73. The van der Waals surface area contributed by atoms with Crippen molar-refractivity contribution >= 4 is 17.3 Å². The van der Waals surface area contributed by atoms with Crippen LogP contribution in [0.2, 0.25) is 0 Å². The van der Waals surface area contributed by atoms with Crippen molar-refractivity contribution in [1.82, 2.24) is 9.97 Å². The lowest BCUT2D eigenvalue weighted by molar-refractivity contribution is -0.107. The Labute approximate surface area is 73.6 Å². The molecule has 0 spiro atoms. The van der Waals surface area contributed by atoms with Gasteiger partial charge in [0.2, 0.25) is 0 Å². The second kappa shape index (κ2) is 2.90. The van der Waals surface area contributed by atoms with Crippen LogP contribution in [0.25, 0.3) is 11.0 Å². The smallest absolute Gasteiger partial charge is 0.306 e. The lowest BCUT2D eigenvalue weighted by atomic mass is 10.1. The molecule has 4 nitrogen and oxygen atoms in total. The van der Waals surface area contributed by atoms with Gasteiger partial charge in [0.25, 0.3) is 0 Å². The van der Waals surface area contributed by atoms with E-state index in [4.69, 9.17) is 0 Å². The summed E-state index contributed by atoms with van der Waals surface area (Å²) in [5.74, 6) is 0. The van der Waals surface area contributed by atoms with Crippen molar-refractivity contribution in [2.24, 2.45) is 0 Å². The van der Waals surface area contributed by atoms with Gasteiger partial charge in [-0.25, -0.2) is 4.79 Å². The van der Waals surface area contributed by atoms with Crippen LogP contribution in [0.15, 0.2) is 23.0 Å². The highest BCUT2D eigenvalue weighted by atomic mass is 16.1. The largest absolute Gasteiger partial charge is 0.323 e. The van der Waals surface area contributed by atoms with Crippen LogP contribution in [-0.4, -0.2) is 16.3 Å². The highest BCUT2D eigenvalue weighted by molar-refractivity contribution is 5.75. The van der Waals surface area contributed by atoms with E-state index in [1.807, 2.05) is 6.07 Å². The second-order valence-electron chi connectivity index (χ2n) is 2.83. The molecular weight excluding hydrogens is 168 g/mol. The fourth-order valence-electron chi connectivity index (χ4n) is 1.30. The van der Waals surface area contributed by atoms with Gasteiger partial charge in [0.15, 0.2) is 0 Å². The Morgan fingerprint density at radius 3 is 2.77 bits per heavy atom. The van der Waals surface area contributed by atoms with Crippen LogP contribution in [0.4, 0.5) is 0 Å². The van der Waals surface area contributed by atoms with Crippen LogP contribution in [0.5, 0.6) is 0 Å². The molecular formula is C9H8N2O2. The van der Waals surface area contributed by atoms with Gasteiger partial charge in [-0.1, -0.05) is 6.07 Å². The molecule has 2 aromatic rings. The van der Waals surface area contributed by atoms with E-state index in [2.05, 4.69) is 9.97 Å². The SMILES string of the molecule is O=CCc1ccc2[nH]c(=O)[nH]c2c1. The summed E-state index contributed by atoms with van der Waals surface area (Å²) >= 11 is 0. The maximum atomic E-state index is 10.9. The van der Waals surface area contributed by atoms with Crippen molar-refractivity contribution in [2.75, 3.05) is 0 Å². The van der Waals surface area contributed by atoms with E-state index in [0.29, 0.717) is 6.42 Å². The van der Waals surface area contributed by atoms with E-state index in [1.165, 1.54) is 0 Å². The molecule has 0 unspecified atom stereocenters. The molecule has 0 fully saturated rings. The molecule has 66 valence electrons. The van der Waals surface area contributed by atoms with E-state index < -0.39 is 0 Å². The van der Waals surface area contributed by atoms with Crippen molar-refractivity contribution in [1.29, 1.82) is 0 Å². The van der Waals surface area contributed by atoms with Crippen molar-refractivity contribution < 1.29 is 4.79 Å². The van der Waals surface area contributed by atoms with E-state index in [-0.39, 0.29) is 5.69 Å². The van der Waals surface area contributed by atoms with E-state index in [0.717, 1.165) is 22.9 Å². The Bertz CT molecular complexity index is 496. The number of hydrogen-bond acceptors (Lipinski definition) is 2. The molecule has 0 amide bonds. The first kappa shape index (κ1) is 7.79. The van der Waals surface area contributed by atoms with Gasteiger partial charge in [0.05, 0.1) is 11.0 Å².